The molecule has 0 atom stereocenters. The van der Waals surface area contributed by atoms with E-state index in [1.807, 2.05) is 123 Å². The summed E-state index contributed by atoms with van der Waals surface area (Å²) in [6.07, 6.45) is 2.72. The molecule has 143 heavy (non-hydrogen) atoms. The van der Waals surface area contributed by atoms with E-state index in [-0.39, 0.29) is 88.6 Å². The van der Waals surface area contributed by atoms with E-state index >= 15 is 0 Å². The molecule has 0 bridgehead atoms. The number of phenolic OH excluding ortho intramolecular Hbond substituents is 7. The summed E-state index contributed by atoms with van der Waals surface area (Å²) < 4.78 is 0. The maximum atomic E-state index is 10.1. The van der Waals surface area contributed by atoms with Crippen LogP contribution in [0.4, 0.5) is 0 Å². The highest BCUT2D eigenvalue weighted by Crippen LogP contribution is 2.43. The van der Waals surface area contributed by atoms with Gasteiger partial charge in [0.1, 0.15) is 51.8 Å². The SMILES string of the molecule is CC(C)(C)c1ccc([S+](c2ccc3ccccc3c2)c2ccc3ccccc3c2)cc1.Cc1cc([S+](c2ccccc2)c2ccccc2)cc(C)c1O.Oc1ccc([S+](c2ccc(O)cc2)c2ccc(O)cc2)cc1.Oc1ccc([S+](c2ccccc2)c2ccc(O)cc2)cc1.Oc1ccc([S+]2CCCC2)c2ccccc12.c1ccc2cc([S+](c3ccc4ccccc4c3)c3ccc4ccccc4c3)ccc2c1. The van der Waals surface area contributed by atoms with E-state index in [4.69, 9.17) is 0 Å². The van der Waals surface area contributed by atoms with Gasteiger partial charge in [-0.25, -0.2) is 0 Å². The van der Waals surface area contributed by atoms with Crippen molar-refractivity contribution in [1.29, 1.82) is 0 Å². The predicted octanol–water partition coefficient (Wildman–Crippen LogP) is 33.1. The highest BCUT2D eigenvalue weighted by Gasteiger charge is 2.36. The van der Waals surface area contributed by atoms with Crippen LogP contribution in [0.15, 0.2) is 576 Å². The Kier molecular flexibility index (Phi) is 31.8. The normalized spacial score (nSPS) is 11.9. The Morgan fingerprint density at radius 2 is 0.413 bits per heavy atom. The number of hydrogen-bond acceptors (Lipinski definition) is 7. The lowest BCUT2D eigenvalue weighted by Gasteiger charge is -2.19. The van der Waals surface area contributed by atoms with Gasteiger partial charge in [0.15, 0.2) is 78.3 Å². The van der Waals surface area contributed by atoms with Crippen molar-refractivity contribution in [2.45, 2.75) is 131 Å². The Hall–Kier alpha value is -14.9. The van der Waals surface area contributed by atoms with Crippen LogP contribution < -0.4 is 0 Å². The zero-order chi connectivity index (χ0) is 98.7. The Morgan fingerprint density at radius 3 is 0.692 bits per heavy atom. The molecular weight excluding hydrogens is 1870 g/mol. The molecule has 0 aliphatic carbocycles. The summed E-state index contributed by atoms with van der Waals surface area (Å²) in [7, 11) is -0.710. The fraction of sp³-hybridized carbons (Fsp3) is 0.0769. The second-order valence-corrected chi connectivity index (χ2v) is 48.3. The Labute approximate surface area is 855 Å². The molecule has 22 aromatic carbocycles. The third kappa shape index (κ3) is 24.3. The van der Waals surface area contributed by atoms with Gasteiger partial charge in [0.2, 0.25) is 0 Å². The van der Waals surface area contributed by atoms with E-state index < -0.39 is 0 Å². The number of benzene rings is 22. The average Bonchev–Trinajstić information content (AvgIpc) is 1.51. The average molecular weight is 1980 g/mol. The standard InChI is InChI=1S/C30H21S.C30H27S.C20H18OS.C18H14O3S.C18H14O2S.C14H14OS/c1-4-10-25-19-28(16-13-22(25)7-1)31(29-17-14-23-8-2-5-11-26(23)20-29)30-18-15-24-9-3-6-12-27(24)21-30;1-30(2,3)26-14-18-27(19-15-26)31(28-16-12-22-8-4-6-10-24(22)20-28)29-17-13-23-9-5-7-11-25(23)21-29;1-15-13-19(14-16(2)20(15)21)22(17-9-5-3-6-10-17)18-11-7-4-8-12-18;19-13-1-7-16(8-2-13)22(17-9-3-14(20)4-10-17)18-11-5-15(21)6-12-18;19-14-6-10-17(11-7-14)21(16-4-2-1-3-5-16)18-12-8-15(20)9-13-18;15-13-7-8-14(16-9-3-4-10-16)12-6-2-1-5-11(12)13/h1-21H;4-21H,1-3H3;3-14H,1-2H3;1-12H,(H2-,19,20,21);1-13H,(H-,19,20);1-2,5-8H,3-4,9-10H2/q2*+1;;;;/p+4. The predicted molar refractivity (Wildman–Crippen MR) is 603 cm³/mol. The number of aryl methyl sites for hydroxylation is 2. The molecule has 1 aliphatic heterocycles. The topological polar surface area (TPSA) is 142 Å². The highest BCUT2D eigenvalue weighted by atomic mass is 32.2. The summed E-state index contributed by atoms with van der Waals surface area (Å²) in [4.78, 5) is 20.0. The molecule has 7 nitrogen and oxygen atoms in total. The summed E-state index contributed by atoms with van der Waals surface area (Å²) in [6.45, 7) is 10.7. The molecule has 1 aliphatic rings. The van der Waals surface area contributed by atoms with Crippen molar-refractivity contribution < 1.29 is 35.7 Å². The van der Waals surface area contributed by atoms with Crippen molar-refractivity contribution in [3.8, 4) is 40.2 Å². The maximum absolute atomic E-state index is 10.1. The van der Waals surface area contributed by atoms with Crippen LogP contribution in [0.3, 0.4) is 0 Å². The van der Waals surface area contributed by atoms with Crippen LogP contribution >= 0.6 is 0 Å². The van der Waals surface area contributed by atoms with Crippen LogP contribution in [0.5, 0.6) is 40.2 Å². The Balaban J connectivity index is 0.000000115. The van der Waals surface area contributed by atoms with Crippen LogP contribution in [0.1, 0.15) is 50.3 Å². The molecule has 0 saturated carbocycles. The lowest BCUT2D eigenvalue weighted by molar-refractivity contribution is 0.466. The van der Waals surface area contributed by atoms with Gasteiger partial charge < -0.3 is 35.7 Å². The molecule has 704 valence electrons. The van der Waals surface area contributed by atoms with Crippen LogP contribution in [-0.2, 0) is 70.8 Å². The molecule has 23 rings (SSSR count). The summed E-state index contributed by atoms with van der Waals surface area (Å²) in [5, 5.41) is 82.5. The highest BCUT2D eigenvalue weighted by molar-refractivity contribution is 7.98. The van der Waals surface area contributed by atoms with Gasteiger partial charge in [0, 0.05) is 64.1 Å². The molecule has 0 radical (unpaired) electrons. The minimum Gasteiger partial charge on any atom is -0.508 e. The van der Waals surface area contributed by atoms with E-state index in [2.05, 4.69) is 348 Å². The number of phenols is 7. The molecule has 7 N–H and O–H groups in total. The molecule has 0 amide bonds. The quantitative estimate of drug-likeness (QED) is 0.0478. The van der Waals surface area contributed by atoms with Gasteiger partial charge in [-0.1, -0.05) is 227 Å². The molecule has 1 fully saturated rings. The molecule has 1 heterocycles. The summed E-state index contributed by atoms with van der Waals surface area (Å²) in [6, 6.07) is 171. The van der Waals surface area contributed by atoms with E-state index in [1.54, 1.807) is 60.7 Å². The lowest BCUT2D eigenvalue weighted by Crippen LogP contribution is -2.11. The number of hydrogen-bond donors (Lipinski definition) is 7. The first-order valence-corrected chi connectivity index (χ1v) is 55.5. The molecule has 1 saturated heterocycles. The first-order chi connectivity index (χ1) is 69.7. The first kappa shape index (κ1) is 98.3. The van der Waals surface area contributed by atoms with Crippen molar-refractivity contribution in [3.05, 3.63) is 514 Å². The minimum atomic E-state index is -0.373. The van der Waals surface area contributed by atoms with Crippen LogP contribution in [0, 0.1) is 13.8 Å². The monoisotopic (exact) mass is 1980 g/mol. The van der Waals surface area contributed by atoms with Crippen LogP contribution in [0.25, 0.3) is 64.6 Å². The van der Waals surface area contributed by atoms with Crippen molar-refractivity contribution in [1.82, 2.24) is 0 Å². The summed E-state index contributed by atoms with van der Waals surface area (Å²) in [5.41, 5.74) is 3.39. The van der Waals surface area contributed by atoms with E-state index in [9.17, 15) is 35.7 Å². The van der Waals surface area contributed by atoms with Crippen LogP contribution in [-0.4, -0.2) is 47.3 Å². The van der Waals surface area contributed by atoms with E-state index in [0.29, 0.717) is 22.4 Å². The van der Waals surface area contributed by atoms with Crippen LogP contribution in [0.2, 0.25) is 0 Å². The van der Waals surface area contributed by atoms with Crippen molar-refractivity contribution in [2.75, 3.05) is 11.5 Å². The van der Waals surface area contributed by atoms with Crippen molar-refractivity contribution >= 4 is 130 Å². The van der Waals surface area contributed by atoms with E-state index in [1.165, 1.54) is 143 Å². The zero-order valence-electron chi connectivity index (χ0n) is 80.3. The van der Waals surface area contributed by atoms with Gasteiger partial charge in [-0.15, -0.1) is 0 Å². The molecular formula is C130H112O7S6+6. The van der Waals surface area contributed by atoms with Gasteiger partial charge in [-0.2, -0.15) is 0 Å². The third-order valence-corrected chi connectivity index (χ3v) is 38.5. The minimum absolute atomic E-state index is 0.155. The molecule has 13 heteroatoms. The maximum Gasteiger partial charge on any atom is 0.167 e. The Morgan fingerprint density at radius 1 is 0.196 bits per heavy atom. The van der Waals surface area contributed by atoms with Gasteiger partial charge in [-0.3, -0.25) is 0 Å². The zero-order valence-corrected chi connectivity index (χ0v) is 85.2. The second kappa shape index (κ2) is 46.2. The van der Waals surface area contributed by atoms with Gasteiger partial charge in [0.05, 0.1) is 54.5 Å². The second-order valence-electron chi connectivity index (χ2n) is 35.9. The van der Waals surface area contributed by atoms with Gasteiger partial charge in [0.25, 0.3) is 0 Å². The van der Waals surface area contributed by atoms with Gasteiger partial charge >= 0.3 is 0 Å². The largest absolute Gasteiger partial charge is 0.508 e. The number of fused-ring (bicyclic) bond motifs is 6. The third-order valence-electron chi connectivity index (χ3n) is 24.9. The van der Waals surface area contributed by atoms with Gasteiger partial charge in [-0.05, 0) is 351 Å². The number of aromatic hydroxyl groups is 7. The summed E-state index contributed by atoms with van der Waals surface area (Å²) in [5.74, 6) is 4.66. The summed E-state index contributed by atoms with van der Waals surface area (Å²) >= 11 is 0. The first-order valence-electron chi connectivity index (χ1n) is 47.8. The Bertz CT molecular complexity index is 7570. The lowest BCUT2D eigenvalue weighted by atomic mass is 9.87. The smallest absolute Gasteiger partial charge is 0.167 e. The van der Waals surface area contributed by atoms with Crippen molar-refractivity contribution in [2.24, 2.45) is 0 Å². The molecule has 0 aromatic heterocycles. The number of rotatable bonds is 16. The molecule has 0 unspecified atom stereocenters. The van der Waals surface area contributed by atoms with Crippen molar-refractivity contribution in [3.63, 3.8) is 0 Å². The molecule has 0 spiro atoms. The molecule has 22 aromatic rings. The fourth-order valence-corrected chi connectivity index (χ4v) is 30.8. The fourth-order valence-electron chi connectivity index (χ4n) is 17.6. The van der Waals surface area contributed by atoms with E-state index in [0.717, 1.165) is 41.0 Å².